The van der Waals surface area contributed by atoms with Crippen molar-refractivity contribution in [2.24, 2.45) is 0 Å². The number of phenolic OH excluding ortho intramolecular Hbond substituents is 3. The lowest BCUT2D eigenvalue weighted by Crippen LogP contribution is -1.92. The van der Waals surface area contributed by atoms with Gasteiger partial charge in [-0.3, -0.25) is 0 Å². The third-order valence-corrected chi connectivity index (χ3v) is 3.23. The van der Waals surface area contributed by atoms with Gasteiger partial charge in [0.2, 0.25) is 0 Å². The minimum absolute atomic E-state index is 0.362. The molecule has 0 aliphatic carbocycles. The Morgan fingerprint density at radius 1 is 0.955 bits per heavy atom. The summed E-state index contributed by atoms with van der Waals surface area (Å²) < 4.78 is 10.5. The monoisotopic (exact) mass is 302 g/mol. The van der Waals surface area contributed by atoms with Crippen LogP contribution >= 0.6 is 0 Å². The van der Waals surface area contributed by atoms with Crippen LogP contribution in [-0.2, 0) is 6.42 Å². The summed E-state index contributed by atoms with van der Waals surface area (Å²) in [6, 6.07) is 8.28. The fourth-order valence-electron chi connectivity index (χ4n) is 2.08. The summed E-state index contributed by atoms with van der Waals surface area (Å²) in [4.78, 5) is 0. The van der Waals surface area contributed by atoms with Crippen molar-refractivity contribution >= 4 is 6.08 Å². The van der Waals surface area contributed by atoms with Crippen LogP contribution in [-0.4, -0.2) is 29.5 Å². The lowest BCUT2D eigenvalue weighted by Gasteiger charge is -2.08. The van der Waals surface area contributed by atoms with Crippen molar-refractivity contribution in [3.8, 4) is 28.7 Å². The predicted octanol–water partition coefficient (Wildman–Crippen LogP) is 3.08. The van der Waals surface area contributed by atoms with Gasteiger partial charge in [0.25, 0.3) is 0 Å². The molecule has 22 heavy (non-hydrogen) atoms. The zero-order valence-electron chi connectivity index (χ0n) is 12.4. The largest absolute Gasteiger partial charge is 0.504 e. The second-order valence-electron chi connectivity index (χ2n) is 4.69. The third-order valence-electron chi connectivity index (χ3n) is 3.23. The molecule has 0 saturated carbocycles. The van der Waals surface area contributed by atoms with Gasteiger partial charge in [-0.2, -0.15) is 0 Å². The van der Waals surface area contributed by atoms with Gasteiger partial charge in [-0.1, -0.05) is 12.2 Å². The van der Waals surface area contributed by atoms with Crippen LogP contribution in [0.25, 0.3) is 6.08 Å². The van der Waals surface area contributed by atoms with Gasteiger partial charge in [0.05, 0.1) is 14.2 Å². The maximum absolute atomic E-state index is 9.47. The van der Waals surface area contributed by atoms with Gasteiger partial charge in [-0.25, -0.2) is 0 Å². The third kappa shape index (κ3) is 3.44. The number of hydrogen-bond acceptors (Lipinski definition) is 5. The predicted molar refractivity (Wildman–Crippen MR) is 83.7 cm³/mol. The molecule has 0 spiro atoms. The van der Waals surface area contributed by atoms with E-state index in [1.54, 1.807) is 20.3 Å². The molecule has 0 heterocycles. The zero-order chi connectivity index (χ0) is 16.1. The minimum atomic E-state index is -0.522. The molecular formula is C17H18O5. The molecule has 116 valence electrons. The van der Waals surface area contributed by atoms with Crippen LogP contribution < -0.4 is 9.47 Å². The smallest absolute Gasteiger partial charge is 0.200 e. The maximum Gasteiger partial charge on any atom is 0.200 e. The lowest BCUT2D eigenvalue weighted by molar-refractivity contribution is 0.368. The Bertz CT molecular complexity index is 668. The Hall–Kier alpha value is -2.82. The molecule has 5 nitrogen and oxygen atoms in total. The highest BCUT2D eigenvalue weighted by Gasteiger charge is 2.07. The van der Waals surface area contributed by atoms with Gasteiger partial charge in [-0.15, -0.1) is 0 Å². The van der Waals surface area contributed by atoms with Crippen molar-refractivity contribution in [2.75, 3.05) is 14.2 Å². The molecule has 0 saturated heterocycles. The van der Waals surface area contributed by atoms with E-state index >= 15 is 0 Å². The Labute approximate surface area is 128 Å². The highest BCUT2D eigenvalue weighted by atomic mass is 16.5. The van der Waals surface area contributed by atoms with Crippen LogP contribution in [0.4, 0.5) is 0 Å². The van der Waals surface area contributed by atoms with Crippen LogP contribution in [0.1, 0.15) is 11.1 Å². The van der Waals surface area contributed by atoms with E-state index in [0.29, 0.717) is 12.0 Å². The van der Waals surface area contributed by atoms with E-state index in [4.69, 9.17) is 9.47 Å². The highest BCUT2D eigenvalue weighted by Crippen LogP contribution is 2.35. The first kappa shape index (κ1) is 15.6. The Morgan fingerprint density at radius 2 is 1.64 bits per heavy atom. The SMILES string of the molecule is COc1ccc(OC)c(C/C=C/c2cc(O)c(O)c(O)c2)c1. The number of rotatable bonds is 5. The highest BCUT2D eigenvalue weighted by molar-refractivity contribution is 5.61. The first-order chi connectivity index (χ1) is 10.5. The summed E-state index contributed by atoms with van der Waals surface area (Å²) in [5, 5.41) is 28.2. The van der Waals surface area contributed by atoms with Crippen molar-refractivity contribution in [1.29, 1.82) is 0 Å². The average molecular weight is 302 g/mol. The van der Waals surface area contributed by atoms with Gasteiger partial charge < -0.3 is 24.8 Å². The van der Waals surface area contributed by atoms with E-state index in [-0.39, 0.29) is 11.5 Å². The number of ether oxygens (including phenoxy) is 2. The maximum atomic E-state index is 9.47. The molecule has 2 rings (SSSR count). The molecule has 0 aromatic heterocycles. The van der Waals surface area contributed by atoms with E-state index in [1.165, 1.54) is 12.1 Å². The summed E-state index contributed by atoms with van der Waals surface area (Å²) in [6.07, 6.45) is 4.18. The standard InChI is InChI=1S/C17H18O5/c1-21-13-6-7-16(22-2)12(10-13)5-3-4-11-8-14(18)17(20)15(19)9-11/h3-4,6-10,18-20H,5H2,1-2H3/b4-3+. The van der Waals surface area contributed by atoms with Crippen molar-refractivity contribution in [2.45, 2.75) is 6.42 Å². The quantitative estimate of drug-likeness (QED) is 0.740. The molecule has 0 unspecified atom stereocenters. The molecule has 3 N–H and O–H groups in total. The van der Waals surface area contributed by atoms with Crippen molar-refractivity contribution in [3.63, 3.8) is 0 Å². The molecule has 2 aromatic carbocycles. The summed E-state index contributed by atoms with van der Waals surface area (Å²) in [6.45, 7) is 0. The van der Waals surface area contributed by atoms with Crippen molar-refractivity contribution < 1.29 is 24.8 Å². The fourth-order valence-corrected chi connectivity index (χ4v) is 2.08. The first-order valence-electron chi connectivity index (χ1n) is 6.67. The number of methoxy groups -OCH3 is 2. The number of phenols is 3. The van der Waals surface area contributed by atoms with E-state index in [0.717, 1.165) is 17.1 Å². The number of benzene rings is 2. The van der Waals surface area contributed by atoms with E-state index in [9.17, 15) is 15.3 Å². The normalized spacial score (nSPS) is 10.8. The topological polar surface area (TPSA) is 79.2 Å². The van der Waals surface area contributed by atoms with Gasteiger partial charge in [0, 0.05) is 5.56 Å². The van der Waals surface area contributed by atoms with E-state index in [2.05, 4.69) is 0 Å². The molecule has 0 radical (unpaired) electrons. The molecule has 0 bridgehead atoms. The second-order valence-corrected chi connectivity index (χ2v) is 4.69. The van der Waals surface area contributed by atoms with Crippen molar-refractivity contribution in [3.05, 3.63) is 47.5 Å². The zero-order valence-corrected chi connectivity index (χ0v) is 12.4. The van der Waals surface area contributed by atoms with Crippen LogP contribution in [0.2, 0.25) is 0 Å². The average Bonchev–Trinajstić information content (AvgIpc) is 2.52. The molecule has 0 aliphatic heterocycles. The molecule has 2 aromatic rings. The fraction of sp³-hybridized carbons (Fsp3) is 0.176. The van der Waals surface area contributed by atoms with E-state index in [1.807, 2.05) is 24.3 Å². The van der Waals surface area contributed by atoms with Gasteiger partial charge in [0.15, 0.2) is 17.2 Å². The van der Waals surface area contributed by atoms with Crippen LogP contribution in [0.5, 0.6) is 28.7 Å². The summed E-state index contributed by atoms with van der Waals surface area (Å²) in [5.41, 5.74) is 1.53. The van der Waals surface area contributed by atoms with E-state index < -0.39 is 5.75 Å². The minimum Gasteiger partial charge on any atom is -0.504 e. The lowest BCUT2D eigenvalue weighted by atomic mass is 10.1. The van der Waals surface area contributed by atoms with Crippen LogP contribution in [0, 0.1) is 0 Å². The summed E-state index contributed by atoms with van der Waals surface area (Å²) in [5.74, 6) is 0.245. The van der Waals surface area contributed by atoms with Crippen molar-refractivity contribution in [1.82, 2.24) is 0 Å². The Balaban J connectivity index is 2.19. The van der Waals surface area contributed by atoms with Gasteiger partial charge in [-0.05, 0) is 42.3 Å². The number of allylic oxidation sites excluding steroid dienone is 1. The molecule has 5 heteroatoms. The second kappa shape index (κ2) is 6.76. The van der Waals surface area contributed by atoms with Crippen LogP contribution in [0.15, 0.2) is 36.4 Å². The van der Waals surface area contributed by atoms with Crippen LogP contribution in [0.3, 0.4) is 0 Å². The Morgan fingerprint density at radius 3 is 2.23 bits per heavy atom. The van der Waals surface area contributed by atoms with Gasteiger partial charge in [0.1, 0.15) is 11.5 Å². The molecule has 0 atom stereocenters. The number of aromatic hydroxyl groups is 3. The molecule has 0 fully saturated rings. The molecule has 0 aliphatic rings. The summed E-state index contributed by atoms with van der Waals surface area (Å²) in [7, 11) is 3.20. The molecular weight excluding hydrogens is 284 g/mol. The summed E-state index contributed by atoms with van der Waals surface area (Å²) >= 11 is 0. The van der Waals surface area contributed by atoms with Gasteiger partial charge >= 0.3 is 0 Å². The Kier molecular flexibility index (Phi) is 4.78. The number of hydrogen-bond donors (Lipinski definition) is 3. The first-order valence-corrected chi connectivity index (χ1v) is 6.67. The molecule has 0 amide bonds.